The molecule has 1 aliphatic rings. The lowest BCUT2D eigenvalue weighted by atomic mass is 9.97. The van der Waals surface area contributed by atoms with Gasteiger partial charge in [-0.2, -0.15) is 0 Å². The number of hydrogen-bond acceptors (Lipinski definition) is 7. The Labute approximate surface area is 144 Å². The van der Waals surface area contributed by atoms with Crippen molar-refractivity contribution in [2.75, 3.05) is 13.7 Å². The molecule has 1 unspecified atom stereocenters. The Bertz CT molecular complexity index is 354. The number of likely N-dealkylation sites (N-methyl/N-ethyl adjacent to an activating group) is 1. The quantitative estimate of drug-likeness (QED) is 0.322. The first-order valence-electron chi connectivity index (χ1n) is 9.04. The second-order valence-electron chi connectivity index (χ2n) is 6.38. The number of rotatable bonds is 11. The van der Waals surface area contributed by atoms with E-state index in [9.17, 15) is 20.1 Å². The highest BCUT2D eigenvalue weighted by atomic mass is 16.7. The summed E-state index contributed by atoms with van der Waals surface area (Å²) in [6.45, 7) is 1.72. The van der Waals surface area contributed by atoms with Gasteiger partial charge in [-0.1, -0.05) is 45.4 Å². The Morgan fingerprint density at radius 3 is 2.29 bits per heavy atom. The molecule has 0 aromatic rings. The number of hydrogen-bond donors (Lipinski definition) is 4. The summed E-state index contributed by atoms with van der Waals surface area (Å²) in [7, 11) is 1.58. The van der Waals surface area contributed by atoms with Crippen molar-refractivity contribution in [1.29, 1.82) is 0 Å². The standard InChI is InChI=1S/C17H33NO6/c1-3-4-5-6-7-8-9-10-13(20)24-17-14(18-2)16(22)15(21)12(11-19)23-17/h12,14-19,21-22H,3-11H2,1-2H3/t12-,14-,15-,16-,17?/m1/s1. The second kappa shape index (κ2) is 11.8. The summed E-state index contributed by atoms with van der Waals surface area (Å²) in [5, 5.41) is 31.9. The van der Waals surface area contributed by atoms with E-state index in [2.05, 4.69) is 12.2 Å². The van der Waals surface area contributed by atoms with E-state index in [-0.39, 0.29) is 0 Å². The van der Waals surface area contributed by atoms with Crippen LogP contribution in [0.5, 0.6) is 0 Å². The molecule has 4 N–H and O–H groups in total. The third-order valence-corrected chi connectivity index (χ3v) is 4.45. The van der Waals surface area contributed by atoms with Crippen molar-refractivity contribution in [3.05, 3.63) is 0 Å². The highest BCUT2D eigenvalue weighted by Gasteiger charge is 2.45. The first-order valence-corrected chi connectivity index (χ1v) is 9.04. The summed E-state index contributed by atoms with van der Waals surface area (Å²) in [5.41, 5.74) is 0. The van der Waals surface area contributed by atoms with E-state index in [0.29, 0.717) is 6.42 Å². The number of ether oxygens (including phenoxy) is 2. The van der Waals surface area contributed by atoms with Crippen LogP contribution in [0, 0.1) is 0 Å². The van der Waals surface area contributed by atoms with Crippen LogP contribution in [-0.2, 0) is 14.3 Å². The number of unbranched alkanes of at least 4 members (excludes halogenated alkanes) is 6. The lowest BCUT2D eigenvalue weighted by Crippen LogP contribution is -2.63. The zero-order chi connectivity index (χ0) is 17.9. The number of esters is 1. The van der Waals surface area contributed by atoms with Gasteiger partial charge in [0, 0.05) is 6.42 Å². The number of nitrogens with one attached hydrogen (secondary N) is 1. The van der Waals surface area contributed by atoms with Gasteiger partial charge in [0.05, 0.1) is 12.6 Å². The molecular formula is C17H33NO6. The zero-order valence-electron chi connectivity index (χ0n) is 14.8. The van der Waals surface area contributed by atoms with Crippen molar-refractivity contribution in [3.8, 4) is 0 Å². The molecule has 0 radical (unpaired) electrons. The summed E-state index contributed by atoms with van der Waals surface area (Å²) in [5.74, 6) is -0.394. The lowest BCUT2D eigenvalue weighted by molar-refractivity contribution is -0.263. The van der Waals surface area contributed by atoms with E-state index in [4.69, 9.17) is 9.47 Å². The van der Waals surface area contributed by atoms with Crippen LogP contribution in [0.15, 0.2) is 0 Å². The largest absolute Gasteiger partial charge is 0.434 e. The van der Waals surface area contributed by atoms with Crippen LogP contribution in [0.2, 0.25) is 0 Å². The second-order valence-corrected chi connectivity index (χ2v) is 6.38. The van der Waals surface area contributed by atoms with Crippen molar-refractivity contribution < 1.29 is 29.6 Å². The minimum Gasteiger partial charge on any atom is -0.434 e. The van der Waals surface area contributed by atoms with Gasteiger partial charge >= 0.3 is 5.97 Å². The van der Waals surface area contributed by atoms with Crippen LogP contribution in [0.3, 0.4) is 0 Å². The first kappa shape index (κ1) is 21.3. The number of aliphatic hydroxyl groups is 3. The molecule has 0 amide bonds. The molecule has 1 saturated heterocycles. The van der Waals surface area contributed by atoms with Gasteiger partial charge in [-0.25, -0.2) is 0 Å². The fraction of sp³-hybridized carbons (Fsp3) is 0.941. The molecule has 0 bridgehead atoms. The smallest absolute Gasteiger partial charge is 0.308 e. The van der Waals surface area contributed by atoms with Gasteiger partial charge in [0.25, 0.3) is 0 Å². The Balaban J connectivity index is 2.33. The van der Waals surface area contributed by atoms with Crippen molar-refractivity contribution in [1.82, 2.24) is 5.32 Å². The van der Waals surface area contributed by atoms with E-state index in [0.717, 1.165) is 19.3 Å². The van der Waals surface area contributed by atoms with Crippen LogP contribution in [0.1, 0.15) is 58.3 Å². The fourth-order valence-electron chi connectivity index (χ4n) is 2.90. The molecular weight excluding hydrogens is 314 g/mol. The van der Waals surface area contributed by atoms with Crippen molar-refractivity contribution >= 4 is 5.97 Å². The molecule has 5 atom stereocenters. The van der Waals surface area contributed by atoms with Crippen LogP contribution in [0.4, 0.5) is 0 Å². The average molecular weight is 347 g/mol. The minimum atomic E-state index is -1.23. The first-order chi connectivity index (χ1) is 11.5. The summed E-state index contributed by atoms with van der Waals surface area (Å²) >= 11 is 0. The highest BCUT2D eigenvalue weighted by molar-refractivity contribution is 5.69. The van der Waals surface area contributed by atoms with Gasteiger partial charge in [0.2, 0.25) is 6.29 Å². The molecule has 1 aliphatic heterocycles. The maximum Gasteiger partial charge on any atom is 0.308 e. The van der Waals surface area contributed by atoms with Crippen LogP contribution in [0.25, 0.3) is 0 Å². The van der Waals surface area contributed by atoms with Crippen LogP contribution < -0.4 is 5.32 Å². The van der Waals surface area contributed by atoms with Crippen molar-refractivity contribution in [2.45, 2.75) is 88.9 Å². The lowest BCUT2D eigenvalue weighted by Gasteiger charge is -2.41. The number of carbonyl (C=O) groups is 1. The van der Waals surface area contributed by atoms with E-state index < -0.39 is 43.2 Å². The van der Waals surface area contributed by atoms with Crippen LogP contribution in [-0.4, -0.2) is 65.6 Å². The fourth-order valence-corrected chi connectivity index (χ4v) is 2.90. The maximum atomic E-state index is 12.0. The molecule has 1 fully saturated rings. The molecule has 1 heterocycles. The maximum absolute atomic E-state index is 12.0. The van der Waals surface area contributed by atoms with Crippen molar-refractivity contribution in [3.63, 3.8) is 0 Å². The predicted octanol–water partition coefficient (Wildman–Crippen LogP) is 0.697. The van der Waals surface area contributed by atoms with Crippen molar-refractivity contribution in [2.24, 2.45) is 0 Å². The van der Waals surface area contributed by atoms with Gasteiger partial charge in [-0.15, -0.1) is 0 Å². The topological polar surface area (TPSA) is 108 Å². The molecule has 7 nitrogen and oxygen atoms in total. The third-order valence-electron chi connectivity index (χ3n) is 4.45. The highest BCUT2D eigenvalue weighted by Crippen LogP contribution is 2.22. The van der Waals surface area contributed by atoms with Gasteiger partial charge in [0.1, 0.15) is 18.3 Å². The Morgan fingerprint density at radius 2 is 1.71 bits per heavy atom. The number of carbonyl (C=O) groups excluding carboxylic acids is 1. The minimum absolute atomic E-state index is 0.298. The molecule has 0 aromatic carbocycles. The number of aliphatic hydroxyl groups excluding tert-OH is 3. The summed E-state index contributed by atoms with van der Waals surface area (Å²) in [6, 6.07) is -0.735. The Kier molecular flexibility index (Phi) is 10.4. The Hall–Kier alpha value is -0.730. The van der Waals surface area contributed by atoms with Gasteiger partial charge in [-0.3, -0.25) is 4.79 Å². The zero-order valence-corrected chi connectivity index (χ0v) is 14.8. The SMILES string of the molecule is CCCCCCCCCC(=O)OC1O[C@H](CO)[C@@H](O)[C@H](O)[C@H]1NC. The monoisotopic (exact) mass is 347 g/mol. The summed E-state index contributed by atoms with van der Waals surface area (Å²) < 4.78 is 10.7. The molecule has 7 heteroatoms. The van der Waals surface area contributed by atoms with Gasteiger partial charge < -0.3 is 30.1 Å². The normalized spacial score (nSPS) is 30.3. The molecule has 24 heavy (non-hydrogen) atoms. The third kappa shape index (κ3) is 6.64. The van der Waals surface area contributed by atoms with E-state index in [1.807, 2.05) is 0 Å². The van der Waals surface area contributed by atoms with E-state index in [1.165, 1.54) is 25.7 Å². The Morgan fingerprint density at radius 1 is 1.08 bits per heavy atom. The van der Waals surface area contributed by atoms with E-state index >= 15 is 0 Å². The molecule has 1 rings (SSSR count). The van der Waals surface area contributed by atoms with Gasteiger partial charge in [0.15, 0.2) is 0 Å². The molecule has 142 valence electrons. The average Bonchev–Trinajstić information content (AvgIpc) is 2.57. The van der Waals surface area contributed by atoms with E-state index in [1.54, 1.807) is 7.05 Å². The molecule has 0 saturated carbocycles. The van der Waals surface area contributed by atoms with Crippen LogP contribution >= 0.6 is 0 Å². The predicted molar refractivity (Wildman–Crippen MR) is 89.3 cm³/mol. The molecule has 0 aliphatic carbocycles. The van der Waals surface area contributed by atoms with Gasteiger partial charge in [-0.05, 0) is 13.5 Å². The molecule has 0 aromatic heterocycles. The molecule has 0 spiro atoms. The summed E-state index contributed by atoms with van der Waals surface area (Å²) in [6.07, 6.45) is 3.66. The summed E-state index contributed by atoms with van der Waals surface area (Å²) in [4.78, 5) is 12.0.